The molecule has 0 aliphatic rings. The van der Waals surface area contributed by atoms with Gasteiger partial charge in [-0.05, 0) is 44.9 Å². The van der Waals surface area contributed by atoms with Crippen molar-refractivity contribution in [2.45, 2.75) is 43.7 Å². The first-order valence-corrected chi connectivity index (χ1v) is 9.28. The van der Waals surface area contributed by atoms with E-state index in [0.717, 1.165) is 0 Å². The average molecular weight is 368 g/mol. The van der Waals surface area contributed by atoms with Crippen LogP contribution in [0.25, 0.3) is 0 Å². The van der Waals surface area contributed by atoms with Crippen molar-refractivity contribution in [2.75, 3.05) is 7.05 Å². The van der Waals surface area contributed by atoms with Crippen LogP contribution >= 0.6 is 0 Å². The standard InChI is InChI=1S/C17H24N2O5S/c1-5-6-10-15(17(21)22)18-16(20)13-8-7-9-14(11-13)25(23,24)19(4)12(2)3/h5,7-9,11-12,15H,1,6,10H2,2-4H3,(H,18,20)(H,21,22). The molecule has 1 rings (SSSR count). The first kappa shape index (κ1) is 20.9. The van der Waals surface area contributed by atoms with E-state index >= 15 is 0 Å². The Morgan fingerprint density at radius 2 is 2.00 bits per heavy atom. The lowest BCUT2D eigenvalue weighted by Gasteiger charge is -2.21. The number of hydrogen-bond acceptors (Lipinski definition) is 4. The number of nitrogens with one attached hydrogen (secondary N) is 1. The molecule has 0 spiro atoms. The topological polar surface area (TPSA) is 104 Å². The quantitative estimate of drug-likeness (QED) is 0.648. The monoisotopic (exact) mass is 368 g/mol. The molecular weight excluding hydrogens is 344 g/mol. The highest BCUT2D eigenvalue weighted by molar-refractivity contribution is 7.89. The van der Waals surface area contributed by atoms with Gasteiger partial charge in [0.15, 0.2) is 0 Å². The van der Waals surface area contributed by atoms with Crippen LogP contribution in [0.15, 0.2) is 41.8 Å². The van der Waals surface area contributed by atoms with Crippen LogP contribution in [0.4, 0.5) is 0 Å². The molecule has 2 N–H and O–H groups in total. The van der Waals surface area contributed by atoms with E-state index in [1.54, 1.807) is 19.9 Å². The van der Waals surface area contributed by atoms with Gasteiger partial charge in [0, 0.05) is 18.7 Å². The second kappa shape index (κ2) is 8.77. The maximum absolute atomic E-state index is 12.5. The molecule has 0 radical (unpaired) electrons. The number of carbonyl (C=O) groups is 2. The van der Waals surface area contributed by atoms with E-state index in [-0.39, 0.29) is 22.9 Å². The number of rotatable bonds is 9. The van der Waals surface area contributed by atoms with Crippen molar-refractivity contribution in [3.63, 3.8) is 0 Å². The van der Waals surface area contributed by atoms with Crippen LogP contribution in [-0.4, -0.2) is 48.8 Å². The molecule has 7 nitrogen and oxygen atoms in total. The van der Waals surface area contributed by atoms with Crippen LogP contribution < -0.4 is 5.32 Å². The summed E-state index contributed by atoms with van der Waals surface area (Å²) in [6.45, 7) is 7.00. The predicted octanol–water partition coefficient (Wildman–Crippen LogP) is 1.86. The number of nitrogens with zero attached hydrogens (tertiary/aromatic N) is 1. The van der Waals surface area contributed by atoms with Gasteiger partial charge in [0.05, 0.1) is 4.90 Å². The van der Waals surface area contributed by atoms with Gasteiger partial charge in [-0.25, -0.2) is 13.2 Å². The Labute approximate surface area is 148 Å². The molecule has 0 bridgehead atoms. The van der Waals surface area contributed by atoms with Crippen molar-refractivity contribution < 1.29 is 23.1 Å². The van der Waals surface area contributed by atoms with Gasteiger partial charge < -0.3 is 10.4 Å². The number of carboxylic acid groups (broad SMARTS) is 1. The van der Waals surface area contributed by atoms with Gasteiger partial charge in [0.1, 0.15) is 6.04 Å². The van der Waals surface area contributed by atoms with Crippen LogP contribution in [0.3, 0.4) is 0 Å². The Bertz CT molecular complexity index is 743. The summed E-state index contributed by atoms with van der Waals surface area (Å²) in [5.74, 6) is -1.79. The zero-order chi connectivity index (χ0) is 19.2. The Balaban J connectivity index is 3.06. The molecule has 0 heterocycles. The van der Waals surface area contributed by atoms with Gasteiger partial charge in [-0.1, -0.05) is 12.1 Å². The van der Waals surface area contributed by atoms with Crippen LogP contribution in [-0.2, 0) is 14.8 Å². The molecule has 0 saturated heterocycles. The van der Waals surface area contributed by atoms with Gasteiger partial charge in [-0.15, -0.1) is 6.58 Å². The van der Waals surface area contributed by atoms with E-state index in [0.29, 0.717) is 6.42 Å². The average Bonchev–Trinajstić information content (AvgIpc) is 2.57. The third-order valence-corrected chi connectivity index (χ3v) is 5.79. The first-order chi connectivity index (χ1) is 11.6. The molecule has 1 aromatic rings. The molecule has 1 amide bonds. The molecule has 138 valence electrons. The highest BCUT2D eigenvalue weighted by atomic mass is 32.2. The molecule has 0 aromatic heterocycles. The maximum atomic E-state index is 12.5. The van der Waals surface area contributed by atoms with Gasteiger partial charge in [-0.2, -0.15) is 4.31 Å². The van der Waals surface area contributed by atoms with E-state index in [2.05, 4.69) is 11.9 Å². The van der Waals surface area contributed by atoms with Gasteiger partial charge in [-0.3, -0.25) is 4.79 Å². The molecule has 0 saturated carbocycles. The fourth-order valence-corrected chi connectivity index (χ4v) is 3.44. The van der Waals surface area contributed by atoms with E-state index in [9.17, 15) is 18.0 Å². The number of sulfonamides is 1. The largest absolute Gasteiger partial charge is 0.480 e. The van der Waals surface area contributed by atoms with Crippen molar-refractivity contribution in [1.29, 1.82) is 0 Å². The zero-order valence-electron chi connectivity index (χ0n) is 14.6. The van der Waals surface area contributed by atoms with Crippen molar-refractivity contribution in [1.82, 2.24) is 9.62 Å². The number of aliphatic carboxylic acids is 1. The van der Waals surface area contributed by atoms with Crippen molar-refractivity contribution >= 4 is 21.9 Å². The summed E-state index contributed by atoms with van der Waals surface area (Å²) < 4.78 is 26.2. The molecule has 25 heavy (non-hydrogen) atoms. The van der Waals surface area contributed by atoms with Gasteiger partial charge in [0.2, 0.25) is 10.0 Å². The van der Waals surface area contributed by atoms with E-state index in [1.807, 2.05) is 0 Å². The molecular formula is C17H24N2O5S. The molecule has 1 atom stereocenters. The Morgan fingerprint density at radius 1 is 1.36 bits per heavy atom. The molecule has 8 heteroatoms. The van der Waals surface area contributed by atoms with Crippen LogP contribution in [0.1, 0.15) is 37.0 Å². The molecule has 1 aromatic carbocycles. The van der Waals surface area contributed by atoms with E-state index in [4.69, 9.17) is 5.11 Å². The SMILES string of the molecule is C=CCCC(NC(=O)c1cccc(S(=O)(=O)N(C)C(C)C)c1)C(=O)O. The fourth-order valence-electron chi connectivity index (χ4n) is 2.03. The molecule has 1 unspecified atom stereocenters. The predicted molar refractivity (Wildman–Crippen MR) is 94.8 cm³/mol. The van der Waals surface area contributed by atoms with Gasteiger partial charge in [0.25, 0.3) is 5.91 Å². The van der Waals surface area contributed by atoms with Crippen LogP contribution in [0.5, 0.6) is 0 Å². The van der Waals surface area contributed by atoms with Crippen LogP contribution in [0, 0.1) is 0 Å². The van der Waals surface area contributed by atoms with E-state index < -0.39 is 27.9 Å². The molecule has 0 aliphatic carbocycles. The summed E-state index contributed by atoms with van der Waals surface area (Å²) in [6.07, 6.45) is 2.21. The summed E-state index contributed by atoms with van der Waals surface area (Å²) in [4.78, 5) is 23.5. The zero-order valence-corrected chi connectivity index (χ0v) is 15.4. The Hall–Kier alpha value is -2.19. The number of allylic oxidation sites excluding steroid dienone is 1. The highest BCUT2D eigenvalue weighted by Crippen LogP contribution is 2.18. The smallest absolute Gasteiger partial charge is 0.326 e. The lowest BCUT2D eigenvalue weighted by Crippen LogP contribution is -2.40. The third-order valence-electron chi connectivity index (χ3n) is 3.76. The second-order valence-electron chi connectivity index (χ2n) is 5.87. The van der Waals surface area contributed by atoms with Crippen molar-refractivity contribution in [2.24, 2.45) is 0 Å². The maximum Gasteiger partial charge on any atom is 0.326 e. The van der Waals surface area contributed by atoms with Crippen molar-refractivity contribution in [3.8, 4) is 0 Å². The lowest BCUT2D eigenvalue weighted by atomic mass is 10.1. The normalized spacial score (nSPS) is 12.8. The summed E-state index contributed by atoms with van der Waals surface area (Å²) >= 11 is 0. The lowest BCUT2D eigenvalue weighted by molar-refractivity contribution is -0.139. The molecule has 0 fully saturated rings. The highest BCUT2D eigenvalue weighted by Gasteiger charge is 2.25. The fraction of sp³-hybridized carbons (Fsp3) is 0.412. The van der Waals surface area contributed by atoms with Crippen molar-refractivity contribution in [3.05, 3.63) is 42.5 Å². The number of hydrogen-bond donors (Lipinski definition) is 2. The summed E-state index contributed by atoms with van der Waals surface area (Å²) in [5.41, 5.74) is 0.0862. The second-order valence-corrected chi connectivity index (χ2v) is 7.87. The minimum atomic E-state index is -3.73. The minimum absolute atomic E-state index is 0.0192. The number of amides is 1. The minimum Gasteiger partial charge on any atom is -0.480 e. The first-order valence-electron chi connectivity index (χ1n) is 7.84. The summed E-state index contributed by atoms with van der Waals surface area (Å²) in [5, 5.41) is 11.6. The summed E-state index contributed by atoms with van der Waals surface area (Å²) in [6, 6.07) is 4.24. The molecule has 0 aliphatic heterocycles. The number of carbonyl (C=O) groups excluding carboxylic acids is 1. The van der Waals surface area contributed by atoms with Crippen LogP contribution in [0.2, 0.25) is 0 Å². The third kappa shape index (κ3) is 5.40. The van der Waals surface area contributed by atoms with Gasteiger partial charge >= 0.3 is 5.97 Å². The number of carboxylic acids is 1. The summed E-state index contributed by atoms with van der Waals surface area (Å²) in [7, 11) is -2.27. The Kier molecular flexibility index (Phi) is 7.32. The van der Waals surface area contributed by atoms with E-state index in [1.165, 1.54) is 35.6 Å². The Morgan fingerprint density at radius 3 is 2.52 bits per heavy atom. The number of benzene rings is 1.